The summed E-state index contributed by atoms with van der Waals surface area (Å²) in [6.07, 6.45) is 0. The summed E-state index contributed by atoms with van der Waals surface area (Å²) in [6, 6.07) is 0. The van der Waals surface area contributed by atoms with Crippen LogP contribution in [0.3, 0.4) is 0 Å². The van der Waals surface area contributed by atoms with Gasteiger partial charge in [-0.1, -0.05) is 0 Å². The number of fused-ring (bicyclic) bond motifs is 3. The van der Waals surface area contributed by atoms with Crippen LogP contribution in [-0.2, 0) is 0 Å². The van der Waals surface area contributed by atoms with Gasteiger partial charge in [0.15, 0.2) is 140 Å². The molecule has 0 aliphatic rings. The molecule has 9 rings (SSSR count). The van der Waals surface area contributed by atoms with Crippen molar-refractivity contribution in [3.05, 3.63) is 157 Å². The van der Waals surface area contributed by atoms with Gasteiger partial charge >= 0.3 is 7.12 Å². The molecule has 0 aliphatic heterocycles. The smallest absolute Gasteiger partial charge is 0.257 e. The summed E-state index contributed by atoms with van der Waals surface area (Å²) < 4.78 is 409. The fraction of sp³-hybridized carbons (Fsp3) is 0. The highest BCUT2D eigenvalue weighted by Gasteiger charge is 2.46. The summed E-state index contributed by atoms with van der Waals surface area (Å²) in [5.74, 6) is -85.5. The highest BCUT2D eigenvalue weighted by atomic mass is 19.2. The number of rotatable bonds is 6. The molecule has 73 heavy (non-hydrogen) atoms. The van der Waals surface area contributed by atoms with Crippen LogP contribution in [0.2, 0.25) is 0 Å². The zero-order valence-electron chi connectivity index (χ0n) is 33.0. The molecule has 0 amide bonds. The van der Waals surface area contributed by atoms with Crippen LogP contribution in [0, 0.1) is 157 Å². The minimum Gasteiger partial charge on any atom is -0.257 e. The Bertz CT molecular complexity index is 3540. The quantitative estimate of drug-likeness (QED) is 0.0722. The van der Waals surface area contributed by atoms with Crippen molar-refractivity contribution in [3.8, 4) is 33.8 Å². The van der Waals surface area contributed by atoms with E-state index < -0.39 is 244 Å². The molecule has 0 unspecified atom stereocenters. The van der Waals surface area contributed by atoms with Crippen molar-refractivity contribution in [1.82, 2.24) is 29.1 Å². The fourth-order valence-corrected chi connectivity index (χ4v) is 7.55. The Morgan fingerprint density at radius 2 is 0.342 bits per heavy atom. The van der Waals surface area contributed by atoms with Crippen molar-refractivity contribution in [2.45, 2.75) is 0 Å². The lowest BCUT2D eigenvalue weighted by Crippen LogP contribution is -2.44. The first kappa shape index (κ1) is 49.9. The second-order valence-corrected chi connectivity index (χ2v) is 14.5. The molecule has 3 heterocycles. The number of hydrogen-bond acceptors (Lipinski definition) is 3. The molecule has 34 heteroatoms. The van der Waals surface area contributed by atoms with Gasteiger partial charge in [-0.25, -0.2) is 119 Å². The molecule has 0 bridgehead atoms. The first-order valence-electron chi connectivity index (χ1n) is 18.3. The van der Waals surface area contributed by atoms with Crippen LogP contribution >= 0.6 is 0 Å². The lowest BCUT2D eigenvalue weighted by molar-refractivity contribution is 0.381. The average Bonchev–Trinajstić information content (AvgIpc) is 4.07. The summed E-state index contributed by atoms with van der Waals surface area (Å²) in [7, 11) is -4.29. The summed E-state index contributed by atoms with van der Waals surface area (Å²) in [6.45, 7) is 0. The normalized spacial score (nSPS) is 12.0. The molecule has 0 N–H and O–H groups in total. The third-order valence-electron chi connectivity index (χ3n) is 10.7. The highest BCUT2D eigenvalue weighted by Crippen LogP contribution is 2.45. The SMILES string of the molecule is Fc1c(F)c(F)c(-c2nn(B(n3nc(-c4c(F)c(F)c(F)c(F)c4F)c4c(F)c(F)c(F)c(F)c43)n3nc(-c4c(F)c(F)c(F)c(F)c4F)c4c(F)c(F)c(F)c(F)c43)c3c(F)c(F)c(F)c(F)c23)c(F)c1F. The van der Waals surface area contributed by atoms with Gasteiger partial charge in [0, 0.05) is 0 Å². The molecule has 0 aliphatic carbocycles. The van der Waals surface area contributed by atoms with Crippen LogP contribution < -0.4 is 0 Å². The Balaban J connectivity index is 1.62. The van der Waals surface area contributed by atoms with E-state index in [0.29, 0.717) is 0 Å². The van der Waals surface area contributed by atoms with Crippen molar-refractivity contribution >= 4 is 39.8 Å². The highest BCUT2D eigenvalue weighted by molar-refractivity contribution is 6.56. The molecule has 0 fully saturated rings. The number of nitrogens with zero attached hydrogens (tertiary/aromatic N) is 6. The number of benzene rings is 6. The Labute approximate surface area is 378 Å². The molecular weight excluding hydrogens is 1080 g/mol. The van der Waals surface area contributed by atoms with Crippen LogP contribution in [-0.4, -0.2) is 36.2 Å². The van der Waals surface area contributed by atoms with Gasteiger partial charge in [-0.05, 0) is 0 Å². The first-order chi connectivity index (χ1) is 34.0. The van der Waals surface area contributed by atoms with Gasteiger partial charge in [-0.15, -0.1) is 0 Å². The lowest BCUT2D eigenvalue weighted by Gasteiger charge is -2.18. The molecule has 378 valence electrons. The minimum absolute atomic E-state index is 1.13. The topological polar surface area (TPSA) is 53.5 Å². The Morgan fingerprint density at radius 3 is 0.534 bits per heavy atom. The molecule has 6 nitrogen and oxygen atoms in total. The average molecular weight is 1080 g/mol. The van der Waals surface area contributed by atoms with Crippen molar-refractivity contribution in [3.63, 3.8) is 0 Å². The molecule has 0 saturated carbocycles. The maximum Gasteiger partial charge on any atom is 0.570 e. The van der Waals surface area contributed by atoms with Crippen molar-refractivity contribution in [2.75, 3.05) is 0 Å². The Morgan fingerprint density at radius 1 is 0.192 bits per heavy atom. The van der Waals surface area contributed by atoms with Crippen molar-refractivity contribution in [1.29, 1.82) is 0 Å². The van der Waals surface area contributed by atoms with Crippen molar-refractivity contribution < 1.29 is 119 Å². The third-order valence-corrected chi connectivity index (χ3v) is 10.7. The summed E-state index contributed by atoms with van der Waals surface area (Å²) in [5.41, 5.74) is -23.6. The largest absolute Gasteiger partial charge is 0.570 e. The second-order valence-electron chi connectivity index (χ2n) is 14.5. The summed E-state index contributed by atoms with van der Waals surface area (Å²) in [5, 5.41) is 1.44. The monoisotopic (exact) mass is 1080 g/mol. The van der Waals surface area contributed by atoms with Gasteiger partial charge in [-0.2, -0.15) is 15.3 Å². The van der Waals surface area contributed by atoms with E-state index in [1.807, 2.05) is 0 Å². The van der Waals surface area contributed by atoms with Gasteiger partial charge in [0.2, 0.25) is 17.5 Å². The number of halogens is 27. The van der Waals surface area contributed by atoms with Crippen LogP contribution in [0.25, 0.3) is 66.5 Å². The Kier molecular flexibility index (Phi) is 11.3. The van der Waals surface area contributed by atoms with Crippen LogP contribution in [0.1, 0.15) is 0 Å². The predicted molar refractivity (Wildman–Crippen MR) is 186 cm³/mol. The van der Waals surface area contributed by atoms with Crippen LogP contribution in [0.4, 0.5) is 119 Å². The van der Waals surface area contributed by atoms with E-state index in [1.165, 1.54) is 0 Å². The lowest BCUT2D eigenvalue weighted by atomic mass is 9.92. The minimum atomic E-state index is -4.29. The Hall–Kier alpha value is -8.10. The molecule has 9 aromatic rings. The molecule has 3 aromatic heterocycles. The van der Waals surface area contributed by atoms with Gasteiger partial charge in [0.1, 0.15) is 33.6 Å². The van der Waals surface area contributed by atoms with Gasteiger partial charge < -0.3 is 0 Å². The van der Waals surface area contributed by atoms with Gasteiger partial charge in [-0.3, -0.25) is 13.8 Å². The van der Waals surface area contributed by atoms with E-state index in [4.69, 9.17) is 0 Å². The first-order valence-corrected chi connectivity index (χ1v) is 18.3. The summed E-state index contributed by atoms with van der Waals surface area (Å²) >= 11 is 0. The van der Waals surface area contributed by atoms with E-state index in [1.54, 1.807) is 0 Å². The summed E-state index contributed by atoms with van der Waals surface area (Å²) in [4.78, 5) is 0. The molecule has 0 atom stereocenters. The molecule has 0 radical (unpaired) electrons. The number of aromatic nitrogens is 6. The van der Waals surface area contributed by atoms with Crippen LogP contribution in [0.5, 0.6) is 0 Å². The van der Waals surface area contributed by atoms with E-state index in [-0.39, 0.29) is 0 Å². The fourth-order valence-electron chi connectivity index (χ4n) is 7.55. The zero-order chi connectivity index (χ0) is 53.9. The zero-order valence-corrected chi connectivity index (χ0v) is 33.0. The third kappa shape index (κ3) is 6.38. The molecule has 0 saturated heterocycles. The second kappa shape index (κ2) is 16.5. The molecule has 0 spiro atoms. The van der Waals surface area contributed by atoms with E-state index in [9.17, 15) is 39.5 Å². The standard InChI is InChI=1S/C39BF27N6/c41-7-1(8(42)17(51)25(59)16(7)50)34-4-13(47)22(56)28(62)31(65)37(4)71(68-34)40(72-38-5(14(48)23(57)29(63)32(38)66)35(69-72)2-9(43)18(52)26(60)19(53)10(2)44)73-39-6(15(49)24(58)30(64)33(39)67)36(70-73)3-11(45)20(54)27(61)21(55)12(3)46. The molecular formula is C39BF27N6. The van der Waals surface area contributed by atoms with E-state index >= 15 is 79.0 Å². The van der Waals surface area contributed by atoms with E-state index in [2.05, 4.69) is 15.3 Å². The van der Waals surface area contributed by atoms with Crippen molar-refractivity contribution in [2.24, 2.45) is 0 Å². The maximum atomic E-state index is 16.4. The van der Waals surface area contributed by atoms with Gasteiger partial charge in [0.25, 0.3) is 0 Å². The van der Waals surface area contributed by atoms with Gasteiger partial charge in [0.05, 0.1) is 32.8 Å². The molecule has 6 aromatic carbocycles. The van der Waals surface area contributed by atoms with Crippen LogP contribution in [0.15, 0.2) is 0 Å². The predicted octanol–water partition coefficient (Wildman–Crippen LogP) is 12.4. The number of hydrogen-bond donors (Lipinski definition) is 0. The van der Waals surface area contributed by atoms with E-state index in [0.717, 1.165) is 0 Å². The maximum absolute atomic E-state index is 16.4.